The minimum Gasteiger partial charge on any atom is -0.394 e. The topological polar surface area (TPSA) is 110 Å². The zero-order valence-corrected chi connectivity index (χ0v) is 20.7. The summed E-state index contributed by atoms with van der Waals surface area (Å²) in [7, 11) is 0. The number of thiazole rings is 1. The van der Waals surface area contributed by atoms with Crippen LogP contribution in [0.2, 0.25) is 5.02 Å². The number of anilines is 2. The van der Waals surface area contributed by atoms with Gasteiger partial charge in [0.1, 0.15) is 7.45 Å². The second kappa shape index (κ2) is 9.46. The fraction of sp³-hybridized carbons (Fsp3) is 0.444. The third kappa shape index (κ3) is 5.81. The molecule has 4 N–H and O–H groups in total. The Bertz CT molecular complexity index is 982. The summed E-state index contributed by atoms with van der Waals surface area (Å²) < 4.78 is 0.372. The van der Waals surface area contributed by atoms with Crippen LogP contribution in [0.3, 0.4) is 0 Å². The number of aliphatic hydroxyl groups is 1. The summed E-state index contributed by atoms with van der Waals surface area (Å²) in [6.45, 7) is 6.29. The molecule has 7 nitrogen and oxygen atoms in total. The average Bonchev–Trinajstić information content (AvgIpc) is 3.01. The smallest absolute Gasteiger partial charge is 0.193 e. The van der Waals surface area contributed by atoms with Crippen molar-refractivity contribution in [2.45, 2.75) is 41.1 Å². The summed E-state index contributed by atoms with van der Waals surface area (Å²) in [6, 6.07) is 3.60. The van der Waals surface area contributed by atoms with Crippen molar-refractivity contribution >= 4 is 78.6 Å². The number of nitrogens with zero attached hydrogens (tertiary/aromatic N) is 4. The minimum absolute atomic E-state index is 0.0130. The molecule has 0 spiro atoms. The molecule has 0 aliphatic heterocycles. The van der Waals surface area contributed by atoms with E-state index in [1.807, 2.05) is 19.1 Å². The Morgan fingerprint density at radius 1 is 1.34 bits per heavy atom. The summed E-state index contributed by atoms with van der Waals surface area (Å²) in [5, 5.41) is 14.7. The second-order valence-electron chi connectivity index (χ2n) is 7.09. The van der Waals surface area contributed by atoms with E-state index >= 15 is 0 Å². The van der Waals surface area contributed by atoms with E-state index in [0.717, 1.165) is 16.8 Å². The van der Waals surface area contributed by atoms with E-state index < -0.39 is 2.75 Å². The summed E-state index contributed by atoms with van der Waals surface area (Å²) in [4.78, 5) is 18.1. The molecule has 0 radical (unpaired) electrons. The normalized spacial score (nSPS) is 14.9. The Hall–Kier alpha value is -0.950. The van der Waals surface area contributed by atoms with Gasteiger partial charge in [-0.05, 0) is 31.4 Å². The molecule has 0 bridgehead atoms. The first-order valence-electron chi connectivity index (χ1n) is 8.99. The Morgan fingerprint density at radius 2 is 2.10 bits per heavy atom. The molecule has 0 saturated heterocycles. The van der Waals surface area contributed by atoms with Gasteiger partial charge in [-0.1, -0.05) is 71.1 Å². The summed E-state index contributed by atoms with van der Waals surface area (Å²) >= 11 is 11.1. The number of aromatic nitrogens is 4. The molecule has 0 aliphatic rings. The van der Waals surface area contributed by atoms with Crippen molar-refractivity contribution in [2.75, 3.05) is 17.7 Å². The molecule has 2 atom stereocenters. The third-order valence-electron chi connectivity index (χ3n) is 4.03. The van der Waals surface area contributed by atoms with Crippen LogP contribution in [0.4, 0.5) is 10.9 Å². The van der Waals surface area contributed by atoms with Crippen molar-refractivity contribution in [1.29, 1.82) is 0 Å². The van der Waals surface area contributed by atoms with E-state index in [9.17, 15) is 5.11 Å². The Balaban J connectivity index is 1.95. The number of pyridine rings is 1. The van der Waals surface area contributed by atoms with E-state index in [1.54, 1.807) is 6.20 Å². The van der Waals surface area contributed by atoms with Crippen LogP contribution in [0.25, 0.3) is 10.3 Å². The van der Waals surface area contributed by atoms with Crippen molar-refractivity contribution in [2.24, 2.45) is 5.92 Å². The zero-order valence-electron chi connectivity index (χ0n) is 16.2. The zero-order chi connectivity index (χ0) is 21.2. The summed E-state index contributed by atoms with van der Waals surface area (Å²) in [6.07, 6.45) is 2.45. The molecule has 156 valence electrons. The van der Waals surface area contributed by atoms with Crippen LogP contribution in [0.15, 0.2) is 23.5 Å². The Morgan fingerprint density at radius 3 is 2.72 bits per heavy atom. The largest absolute Gasteiger partial charge is 0.394 e. The molecule has 0 saturated carbocycles. The highest BCUT2D eigenvalue weighted by Gasteiger charge is 2.28. The van der Waals surface area contributed by atoms with Crippen LogP contribution in [-0.4, -0.2) is 37.7 Å². The number of hydrogen-bond donors (Lipinski definition) is 3. The first-order valence-corrected chi connectivity index (χ1v) is 12.1. The SMILES string of the molecule is CC(C)C[C@H](CO)Nc1nc(S[C@@](C)(I)c2ccc(Cl)cn2)nc2nc(N)sc12. The molecule has 0 aromatic carbocycles. The summed E-state index contributed by atoms with van der Waals surface area (Å²) in [5.74, 6) is 1.08. The number of fused-ring (bicyclic) bond motifs is 1. The number of aliphatic hydroxyl groups excluding tert-OH is 1. The van der Waals surface area contributed by atoms with Gasteiger partial charge in [-0.15, -0.1) is 0 Å². The van der Waals surface area contributed by atoms with Gasteiger partial charge in [-0.3, -0.25) is 4.98 Å². The van der Waals surface area contributed by atoms with Gasteiger partial charge < -0.3 is 16.2 Å². The molecule has 11 heteroatoms. The predicted molar refractivity (Wildman–Crippen MR) is 130 cm³/mol. The van der Waals surface area contributed by atoms with E-state index in [-0.39, 0.29) is 12.6 Å². The highest BCUT2D eigenvalue weighted by Crippen LogP contribution is 2.46. The van der Waals surface area contributed by atoms with Gasteiger partial charge in [0.25, 0.3) is 0 Å². The van der Waals surface area contributed by atoms with Crippen LogP contribution in [-0.2, 0) is 2.75 Å². The number of nitrogen functional groups attached to an aromatic ring is 1. The molecule has 3 rings (SSSR count). The highest BCUT2D eigenvalue weighted by molar-refractivity contribution is 14.1. The molecule has 3 aromatic heterocycles. The molecule has 0 unspecified atom stereocenters. The van der Waals surface area contributed by atoms with Gasteiger partial charge in [-0.2, -0.15) is 0 Å². The average molecular weight is 565 g/mol. The van der Waals surface area contributed by atoms with Crippen molar-refractivity contribution in [3.8, 4) is 0 Å². The quantitative estimate of drug-likeness (QED) is 0.153. The fourth-order valence-electron chi connectivity index (χ4n) is 2.77. The molecule has 29 heavy (non-hydrogen) atoms. The Labute approximate surface area is 196 Å². The number of alkyl halides is 1. The maximum Gasteiger partial charge on any atom is 0.193 e. The predicted octanol–water partition coefficient (Wildman–Crippen LogP) is 4.94. The lowest BCUT2D eigenvalue weighted by atomic mass is 10.0. The number of rotatable bonds is 8. The molecule has 0 amide bonds. The molecule has 3 heterocycles. The van der Waals surface area contributed by atoms with Gasteiger partial charge in [-0.25, -0.2) is 15.0 Å². The standard InChI is InChI=1S/C18H22ClIN6OS2/c1-9(2)6-11(8-27)23-14-13-15(24-16(21)28-13)26-17(25-14)29-18(3,20)12-5-4-10(19)7-22-12/h4-5,7,9,11,27H,6,8H2,1-3H3,(H3,21,23,24,25,26)/t11-,18-/m1/s1. The molecule has 3 aromatic rings. The number of nitrogens with one attached hydrogen (secondary N) is 1. The van der Waals surface area contributed by atoms with Gasteiger partial charge in [0.2, 0.25) is 0 Å². The maximum absolute atomic E-state index is 9.77. The van der Waals surface area contributed by atoms with E-state index in [1.165, 1.54) is 23.1 Å². The number of halogens is 2. The van der Waals surface area contributed by atoms with E-state index in [4.69, 9.17) is 22.3 Å². The van der Waals surface area contributed by atoms with Crippen molar-refractivity contribution in [1.82, 2.24) is 19.9 Å². The molecular weight excluding hydrogens is 543 g/mol. The van der Waals surface area contributed by atoms with Gasteiger partial charge >= 0.3 is 0 Å². The second-order valence-corrected chi connectivity index (χ2v) is 12.8. The van der Waals surface area contributed by atoms with Crippen LogP contribution >= 0.6 is 57.3 Å². The van der Waals surface area contributed by atoms with Crippen molar-refractivity contribution < 1.29 is 5.11 Å². The number of hydrogen-bond acceptors (Lipinski definition) is 9. The minimum atomic E-state index is -0.414. The maximum atomic E-state index is 9.77. The van der Waals surface area contributed by atoms with Crippen LogP contribution < -0.4 is 11.1 Å². The van der Waals surface area contributed by atoms with Crippen molar-refractivity contribution in [3.63, 3.8) is 0 Å². The van der Waals surface area contributed by atoms with Gasteiger partial charge in [0, 0.05) is 6.20 Å². The van der Waals surface area contributed by atoms with Gasteiger partial charge in [0.15, 0.2) is 21.8 Å². The van der Waals surface area contributed by atoms with Gasteiger partial charge in [0.05, 0.1) is 23.4 Å². The van der Waals surface area contributed by atoms with E-state index in [2.05, 4.69) is 56.7 Å². The first-order chi connectivity index (χ1) is 13.7. The Kier molecular flexibility index (Phi) is 7.41. The van der Waals surface area contributed by atoms with Crippen molar-refractivity contribution in [3.05, 3.63) is 29.0 Å². The lowest BCUT2D eigenvalue weighted by Gasteiger charge is -2.22. The number of thioether (sulfide) groups is 1. The number of nitrogens with two attached hydrogens (primary N) is 1. The lowest BCUT2D eigenvalue weighted by molar-refractivity contribution is 0.259. The summed E-state index contributed by atoms with van der Waals surface area (Å²) in [5.41, 5.74) is 7.32. The highest BCUT2D eigenvalue weighted by atomic mass is 127. The fourth-order valence-corrected chi connectivity index (χ4v) is 5.35. The van der Waals surface area contributed by atoms with Crippen LogP contribution in [0.1, 0.15) is 32.9 Å². The van der Waals surface area contributed by atoms with E-state index in [0.29, 0.717) is 32.7 Å². The first kappa shape index (κ1) is 22.7. The molecule has 0 fully saturated rings. The molecular formula is C18H22ClIN6OS2. The van der Waals surface area contributed by atoms with Crippen LogP contribution in [0, 0.1) is 5.92 Å². The molecule has 0 aliphatic carbocycles. The third-order valence-corrected chi connectivity index (χ3v) is 7.31. The van der Waals surface area contributed by atoms with Crippen LogP contribution in [0.5, 0.6) is 0 Å². The monoisotopic (exact) mass is 564 g/mol. The lowest BCUT2D eigenvalue weighted by Crippen LogP contribution is -2.26.